The van der Waals surface area contributed by atoms with Crippen molar-refractivity contribution in [2.24, 2.45) is 7.05 Å². The Morgan fingerprint density at radius 2 is 1.87 bits per heavy atom. The van der Waals surface area contributed by atoms with Gasteiger partial charge in [-0.2, -0.15) is 10.1 Å². The van der Waals surface area contributed by atoms with E-state index in [-0.39, 0.29) is 17.2 Å². The van der Waals surface area contributed by atoms with Crippen molar-refractivity contribution >= 4 is 23.4 Å². The van der Waals surface area contributed by atoms with E-state index < -0.39 is 0 Å². The summed E-state index contributed by atoms with van der Waals surface area (Å²) in [6.45, 7) is 2.63. The van der Waals surface area contributed by atoms with Gasteiger partial charge in [0.1, 0.15) is 17.3 Å². The number of ether oxygens (including phenoxy) is 1. The third kappa shape index (κ3) is 5.53. The molecule has 1 amide bonds. The van der Waals surface area contributed by atoms with Crippen LogP contribution in [0.5, 0.6) is 5.75 Å². The first-order chi connectivity index (χ1) is 14.4. The fourth-order valence-corrected chi connectivity index (χ4v) is 2.60. The maximum absolute atomic E-state index is 12.1. The summed E-state index contributed by atoms with van der Waals surface area (Å²) in [4.78, 5) is 32.2. The summed E-state index contributed by atoms with van der Waals surface area (Å²) in [5, 5.41) is 13.0. The number of carbonyl (C=O) groups excluding carboxylic acids is 1. The van der Waals surface area contributed by atoms with Crippen molar-refractivity contribution in [3.8, 4) is 5.75 Å². The van der Waals surface area contributed by atoms with E-state index in [1.165, 1.54) is 19.2 Å². The van der Waals surface area contributed by atoms with Gasteiger partial charge >= 0.3 is 0 Å². The van der Waals surface area contributed by atoms with Crippen LogP contribution in [0.1, 0.15) is 16.2 Å². The molecule has 0 aliphatic heterocycles. The van der Waals surface area contributed by atoms with Crippen LogP contribution in [0, 0.1) is 6.92 Å². The first kappa shape index (κ1) is 20.8. The number of hydrogen-bond acceptors (Lipinski definition) is 8. The van der Waals surface area contributed by atoms with Crippen LogP contribution in [0.3, 0.4) is 0 Å². The van der Waals surface area contributed by atoms with E-state index in [2.05, 4.69) is 31.0 Å². The van der Waals surface area contributed by atoms with Crippen LogP contribution in [0.15, 0.2) is 47.3 Å². The maximum Gasteiger partial charge on any atom is 0.271 e. The van der Waals surface area contributed by atoms with Gasteiger partial charge in [0.25, 0.3) is 11.5 Å². The summed E-state index contributed by atoms with van der Waals surface area (Å²) in [7, 11) is 3.11. The van der Waals surface area contributed by atoms with Gasteiger partial charge in [-0.05, 0) is 37.3 Å². The predicted octanol–water partition coefficient (Wildman–Crippen LogP) is 1.47. The molecule has 0 spiro atoms. The van der Waals surface area contributed by atoms with Crippen molar-refractivity contribution in [2.75, 3.05) is 30.8 Å². The number of nitrogens with one attached hydrogen (secondary N) is 3. The molecule has 10 heteroatoms. The highest BCUT2D eigenvalue weighted by atomic mass is 16.5. The monoisotopic (exact) mass is 409 g/mol. The van der Waals surface area contributed by atoms with Crippen molar-refractivity contribution in [2.45, 2.75) is 6.92 Å². The molecule has 10 nitrogen and oxygen atoms in total. The van der Waals surface area contributed by atoms with Crippen molar-refractivity contribution in [1.29, 1.82) is 0 Å². The number of nitrogens with zero attached hydrogens (tertiary/aromatic N) is 4. The van der Waals surface area contributed by atoms with Gasteiger partial charge in [0, 0.05) is 43.7 Å². The molecule has 30 heavy (non-hydrogen) atoms. The van der Waals surface area contributed by atoms with Crippen LogP contribution in [0.4, 0.5) is 17.5 Å². The predicted molar refractivity (Wildman–Crippen MR) is 113 cm³/mol. The Bertz CT molecular complexity index is 1080. The first-order valence-corrected chi connectivity index (χ1v) is 9.28. The van der Waals surface area contributed by atoms with E-state index in [0.717, 1.165) is 21.8 Å². The Balaban J connectivity index is 1.54. The number of aryl methyl sites for hydroxylation is 2. The van der Waals surface area contributed by atoms with Crippen LogP contribution in [0.2, 0.25) is 0 Å². The molecule has 0 fully saturated rings. The number of aromatic nitrogens is 4. The number of methoxy groups -OCH3 is 1. The van der Waals surface area contributed by atoms with Gasteiger partial charge in [0.2, 0.25) is 5.95 Å². The molecule has 0 unspecified atom stereocenters. The van der Waals surface area contributed by atoms with Gasteiger partial charge in [-0.3, -0.25) is 9.59 Å². The minimum atomic E-state index is -0.362. The highest BCUT2D eigenvalue weighted by Crippen LogP contribution is 2.19. The van der Waals surface area contributed by atoms with Gasteiger partial charge in [-0.15, -0.1) is 0 Å². The molecule has 3 N–H and O–H groups in total. The lowest BCUT2D eigenvalue weighted by Crippen LogP contribution is -2.31. The molecule has 0 bridgehead atoms. The minimum Gasteiger partial charge on any atom is -0.497 e. The number of benzene rings is 1. The Kier molecular flexibility index (Phi) is 6.58. The highest BCUT2D eigenvalue weighted by Gasteiger charge is 2.08. The Morgan fingerprint density at radius 1 is 1.10 bits per heavy atom. The second-order valence-electron chi connectivity index (χ2n) is 6.43. The highest BCUT2D eigenvalue weighted by molar-refractivity contribution is 5.91. The number of carbonyl (C=O) groups is 1. The largest absolute Gasteiger partial charge is 0.497 e. The Morgan fingerprint density at radius 3 is 2.57 bits per heavy atom. The Labute approximate surface area is 173 Å². The molecule has 2 heterocycles. The molecule has 0 aliphatic rings. The van der Waals surface area contributed by atoms with E-state index in [1.54, 1.807) is 7.11 Å². The number of anilines is 3. The van der Waals surface area contributed by atoms with Gasteiger partial charge in [0.15, 0.2) is 0 Å². The minimum absolute atomic E-state index is 0.176. The van der Waals surface area contributed by atoms with Crippen molar-refractivity contribution < 1.29 is 9.53 Å². The molecular formula is C20H23N7O3. The molecule has 3 aromatic rings. The topological polar surface area (TPSA) is 123 Å². The average Bonchev–Trinajstić information content (AvgIpc) is 2.73. The second-order valence-corrected chi connectivity index (χ2v) is 6.43. The van der Waals surface area contributed by atoms with Crippen LogP contribution in [-0.4, -0.2) is 45.9 Å². The molecule has 3 rings (SSSR count). The molecule has 2 aromatic heterocycles. The summed E-state index contributed by atoms with van der Waals surface area (Å²) in [6, 6.07) is 12.0. The van der Waals surface area contributed by atoms with E-state index in [4.69, 9.17) is 4.74 Å². The zero-order valence-corrected chi connectivity index (χ0v) is 17.0. The zero-order chi connectivity index (χ0) is 21.5. The molecule has 1 aromatic carbocycles. The van der Waals surface area contributed by atoms with Crippen LogP contribution < -0.4 is 26.2 Å². The number of rotatable bonds is 8. The summed E-state index contributed by atoms with van der Waals surface area (Å²) in [6.07, 6.45) is 0. The summed E-state index contributed by atoms with van der Waals surface area (Å²) in [5.74, 6) is 1.50. The Hall–Kier alpha value is -3.95. The lowest BCUT2D eigenvalue weighted by molar-refractivity contribution is 0.0948. The van der Waals surface area contributed by atoms with Crippen molar-refractivity contribution in [1.82, 2.24) is 25.1 Å². The second kappa shape index (κ2) is 9.50. The molecular weight excluding hydrogens is 386 g/mol. The van der Waals surface area contributed by atoms with E-state index in [0.29, 0.717) is 24.9 Å². The maximum atomic E-state index is 12.1. The van der Waals surface area contributed by atoms with Crippen molar-refractivity contribution in [3.63, 3.8) is 0 Å². The fraction of sp³-hybridized carbons (Fsp3) is 0.250. The third-order valence-electron chi connectivity index (χ3n) is 4.10. The number of amides is 1. The quantitative estimate of drug-likeness (QED) is 0.478. The lowest BCUT2D eigenvalue weighted by Gasteiger charge is -2.11. The van der Waals surface area contributed by atoms with Crippen LogP contribution >= 0.6 is 0 Å². The van der Waals surface area contributed by atoms with E-state index in [9.17, 15) is 9.59 Å². The SMILES string of the molecule is COc1ccc(Nc2cc(C)nc(NCCNC(=O)c3ccc(=O)n(C)n3)n2)cc1. The van der Waals surface area contributed by atoms with Gasteiger partial charge < -0.3 is 20.7 Å². The molecule has 0 radical (unpaired) electrons. The summed E-state index contributed by atoms with van der Waals surface area (Å²) >= 11 is 0. The van der Waals surface area contributed by atoms with Crippen LogP contribution in [0.25, 0.3) is 0 Å². The normalized spacial score (nSPS) is 10.4. The average molecular weight is 409 g/mol. The van der Waals surface area contributed by atoms with Gasteiger partial charge in [0.05, 0.1) is 7.11 Å². The van der Waals surface area contributed by atoms with Gasteiger partial charge in [-0.25, -0.2) is 9.67 Å². The van der Waals surface area contributed by atoms with Gasteiger partial charge in [-0.1, -0.05) is 0 Å². The third-order valence-corrected chi connectivity index (χ3v) is 4.10. The molecule has 156 valence electrons. The first-order valence-electron chi connectivity index (χ1n) is 9.28. The number of hydrogen-bond donors (Lipinski definition) is 3. The standard InChI is InChI=1S/C20H23N7O3/c1-13-12-17(24-14-4-6-15(30-3)7-5-14)25-20(23-13)22-11-10-21-19(29)16-8-9-18(28)27(2)26-16/h4-9,12H,10-11H2,1-3H3,(H,21,29)(H2,22,23,24,25). The molecule has 0 atom stereocenters. The molecule has 0 saturated heterocycles. The van der Waals surface area contributed by atoms with E-state index >= 15 is 0 Å². The van der Waals surface area contributed by atoms with Crippen molar-refractivity contribution in [3.05, 3.63) is 64.2 Å². The zero-order valence-electron chi connectivity index (χ0n) is 17.0. The van der Waals surface area contributed by atoms with E-state index in [1.807, 2.05) is 37.3 Å². The molecule has 0 aliphatic carbocycles. The summed E-state index contributed by atoms with van der Waals surface area (Å²) in [5.41, 5.74) is 1.57. The summed E-state index contributed by atoms with van der Waals surface area (Å²) < 4.78 is 6.27. The van der Waals surface area contributed by atoms with Crippen LogP contribution in [-0.2, 0) is 7.05 Å². The smallest absolute Gasteiger partial charge is 0.271 e. The lowest BCUT2D eigenvalue weighted by atomic mass is 10.3. The molecule has 0 saturated carbocycles. The fourth-order valence-electron chi connectivity index (χ4n) is 2.60.